The van der Waals surface area contributed by atoms with E-state index >= 15 is 0 Å². The molecule has 186 valence electrons. The summed E-state index contributed by atoms with van der Waals surface area (Å²) in [6, 6.07) is 14.7. The van der Waals surface area contributed by atoms with Crippen LogP contribution >= 0.6 is 11.8 Å². The first-order valence-corrected chi connectivity index (χ1v) is 13.4. The highest BCUT2D eigenvalue weighted by Crippen LogP contribution is 2.29. The Morgan fingerprint density at radius 2 is 1.74 bits per heavy atom. The first-order chi connectivity index (χ1) is 17.0. The number of hydrogen-bond acceptors (Lipinski definition) is 5. The van der Waals surface area contributed by atoms with Gasteiger partial charge in [-0.15, -0.1) is 10.2 Å². The number of nitrogens with one attached hydrogen (secondary N) is 1. The third-order valence-electron chi connectivity index (χ3n) is 6.61. The van der Waals surface area contributed by atoms with E-state index in [1.165, 1.54) is 48.7 Å². The van der Waals surface area contributed by atoms with Gasteiger partial charge in [0, 0.05) is 5.69 Å². The average molecular weight is 496 g/mol. The maximum Gasteiger partial charge on any atom is 0.230 e. The van der Waals surface area contributed by atoms with Crippen LogP contribution < -0.4 is 5.32 Å². The molecule has 0 aliphatic carbocycles. The molecule has 2 heterocycles. The minimum atomic E-state index is -0.289. The number of amides is 1. The van der Waals surface area contributed by atoms with Crippen molar-refractivity contribution < 1.29 is 9.18 Å². The summed E-state index contributed by atoms with van der Waals surface area (Å²) in [6.07, 6.45) is 4.42. The summed E-state index contributed by atoms with van der Waals surface area (Å²) in [5, 5.41) is 12.8. The van der Waals surface area contributed by atoms with Crippen molar-refractivity contribution in [1.82, 2.24) is 25.0 Å². The van der Waals surface area contributed by atoms with Gasteiger partial charge in [-0.25, -0.2) is 4.39 Å². The second-order valence-corrected chi connectivity index (χ2v) is 10.1. The van der Waals surface area contributed by atoms with Crippen LogP contribution in [0.5, 0.6) is 0 Å². The van der Waals surface area contributed by atoms with E-state index in [1.54, 1.807) is 12.1 Å². The highest BCUT2D eigenvalue weighted by molar-refractivity contribution is 7.99. The number of likely N-dealkylation sites (tertiary alicyclic amines) is 1. The number of halogens is 1. The Morgan fingerprint density at radius 3 is 2.40 bits per heavy atom. The first kappa shape index (κ1) is 25.4. The van der Waals surface area contributed by atoms with Crippen LogP contribution in [0.15, 0.2) is 53.7 Å². The van der Waals surface area contributed by atoms with Gasteiger partial charge in [0.25, 0.3) is 0 Å². The molecule has 0 radical (unpaired) electrons. The summed E-state index contributed by atoms with van der Waals surface area (Å²) in [5.41, 5.74) is 3.09. The summed E-state index contributed by atoms with van der Waals surface area (Å²) < 4.78 is 15.6. The molecule has 4 rings (SSSR count). The predicted octanol–water partition coefficient (Wildman–Crippen LogP) is 5.62. The van der Waals surface area contributed by atoms with Gasteiger partial charge in [0.05, 0.1) is 17.8 Å². The lowest BCUT2D eigenvalue weighted by Gasteiger charge is -2.31. The van der Waals surface area contributed by atoms with E-state index < -0.39 is 0 Å². The number of hydrogen-bond donors (Lipinski definition) is 1. The number of aromatic nitrogens is 3. The minimum absolute atomic E-state index is 0.0339. The molecular formula is C27H34FN5OS. The zero-order valence-electron chi connectivity index (χ0n) is 20.7. The van der Waals surface area contributed by atoms with Crippen molar-refractivity contribution in [3.05, 3.63) is 71.3 Å². The van der Waals surface area contributed by atoms with Crippen molar-refractivity contribution in [1.29, 1.82) is 0 Å². The summed E-state index contributed by atoms with van der Waals surface area (Å²) in [5.74, 6) is 0.691. The van der Waals surface area contributed by atoms with Gasteiger partial charge in [-0.1, -0.05) is 54.9 Å². The van der Waals surface area contributed by atoms with Gasteiger partial charge in [0.1, 0.15) is 5.82 Å². The van der Waals surface area contributed by atoms with Crippen molar-refractivity contribution in [3.8, 4) is 5.69 Å². The monoisotopic (exact) mass is 495 g/mol. The molecule has 3 aromatic rings. The largest absolute Gasteiger partial charge is 0.349 e. The van der Waals surface area contributed by atoms with E-state index in [0.29, 0.717) is 5.16 Å². The molecule has 0 bridgehead atoms. The number of carbonyl (C=O) groups is 1. The Kier molecular flexibility index (Phi) is 8.57. The summed E-state index contributed by atoms with van der Waals surface area (Å²) >= 11 is 1.35. The van der Waals surface area contributed by atoms with E-state index in [1.807, 2.05) is 4.57 Å². The molecular weight excluding hydrogens is 461 g/mol. The molecule has 1 aromatic heterocycles. The van der Waals surface area contributed by atoms with Gasteiger partial charge in [-0.2, -0.15) is 0 Å². The fourth-order valence-electron chi connectivity index (χ4n) is 4.53. The lowest BCUT2D eigenvalue weighted by molar-refractivity contribution is -0.119. The van der Waals surface area contributed by atoms with Crippen LogP contribution in [0.2, 0.25) is 0 Å². The SMILES string of the molecule is CC[C@H](NC(=O)CSc1nnc([C@H](C)N2CCCCC2)n1-c1ccc(F)cc1)c1ccc(C)cc1. The highest BCUT2D eigenvalue weighted by atomic mass is 32.2. The van der Waals surface area contributed by atoms with E-state index in [-0.39, 0.29) is 29.6 Å². The molecule has 2 atom stereocenters. The Labute approximate surface area is 211 Å². The fraction of sp³-hybridized carbons (Fsp3) is 0.444. The van der Waals surface area contributed by atoms with Gasteiger partial charge in [0.15, 0.2) is 11.0 Å². The maximum absolute atomic E-state index is 13.6. The molecule has 6 nitrogen and oxygen atoms in total. The van der Waals surface area contributed by atoms with Gasteiger partial charge in [0.2, 0.25) is 5.91 Å². The van der Waals surface area contributed by atoms with Crippen LogP contribution in [0.25, 0.3) is 5.69 Å². The molecule has 8 heteroatoms. The lowest BCUT2D eigenvalue weighted by Crippen LogP contribution is -2.33. The molecule has 1 amide bonds. The van der Waals surface area contributed by atoms with Crippen molar-refractivity contribution in [2.24, 2.45) is 0 Å². The smallest absolute Gasteiger partial charge is 0.230 e. The quantitative estimate of drug-likeness (QED) is 0.390. The molecule has 0 spiro atoms. The number of piperidine rings is 1. The van der Waals surface area contributed by atoms with Crippen molar-refractivity contribution in [2.75, 3.05) is 18.8 Å². The lowest BCUT2D eigenvalue weighted by atomic mass is 10.0. The Bertz CT molecular complexity index is 1110. The number of rotatable bonds is 9. The van der Waals surface area contributed by atoms with Crippen molar-refractivity contribution >= 4 is 17.7 Å². The van der Waals surface area contributed by atoms with Gasteiger partial charge in [-0.05, 0) is 76.0 Å². The molecule has 2 aromatic carbocycles. The van der Waals surface area contributed by atoms with E-state index in [2.05, 4.69) is 65.5 Å². The van der Waals surface area contributed by atoms with E-state index in [4.69, 9.17) is 0 Å². The van der Waals surface area contributed by atoms with Crippen molar-refractivity contribution in [3.63, 3.8) is 0 Å². The first-order valence-electron chi connectivity index (χ1n) is 12.4. The van der Waals surface area contributed by atoms with E-state index in [9.17, 15) is 9.18 Å². The third kappa shape index (κ3) is 6.30. The van der Waals surface area contributed by atoms with Crippen LogP contribution in [-0.2, 0) is 4.79 Å². The number of carbonyl (C=O) groups excluding carboxylic acids is 1. The number of aryl methyl sites for hydroxylation is 1. The average Bonchev–Trinajstić information content (AvgIpc) is 3.31. The predicted molar refractivity (Wildman–Crippen MR) is 138 cm³/mol. The van der Waals surface area contributed by atoms with E-state index in [0.717, 1.165) is 36.6 Å². The highest BCUT2D eigenvalue weighted by Gasteiger charge is 2.26. The maximum atomic E-state index is 13.6. The number of benzene rings is 2. The Hall–Kier alpha value is -2.71. The van der Waals surface area contributed by atoms with Crippen molar-refractivity contribution in [2.45, 2.75) is 63.7 Å². The van der Waals surface area contributed by atoms with Crippen LogP contribution in [0, 0.1) is 12.7 Å². The Balaban J connectivity index is 1.51. The molecule has 1 aliphatic rings. The van der Waals surface area contributed by atoms with Crippen LogP contribution in [0.3, 0.4) is 0 Å². The normalized spacial score (nSPS) is 16.1. The Morgan fingerprint density at radius 1 is 1.06 bits per heavy atom. The standard InChI is InChI=1S/C27H34FN5OS/c1-4-24(21-10-8-19(2)9-11-21)29-25(34)18-35-27-31-30-26(20(3)32-16-6-5-7-17-32)33(27)23-14-12-22(28)13-15-23/h8-15,20,24H,4-7,16-18H2,1-3H3,(H,29,34)/t20-,24-/m0/s1. The zero-order chi connectivity index (χ0) is 24.8. The third-order valence-corrected chi connectivity index (χ3v) is 7.54. The second-order valence-electron chi connectivity index (χ2n) is 9.15. The number of nitrogens with zero attached hydrogens (tertiary/aromatic N) is 4. The second kappa shape index (κ2) is 11.8. The molecule has 0 unspecified atom stereocenters. The summed E-state index contributed by atoms with van der Waals surface area (Å²) in [6.45, 7) is 8.32. The molecule has 35 heavy (non-hydrogen) atoms. The van der Waals surface area contributed by atoms with Crippen LogP contribution in [0.4, 0.5) is 4.39 Å². The zero-order valence-corrected chi connectivity index (χ0v) is 21.5. The molecule has 1 aliphatic heterocycles. The topological polar surface area (TPSA) is 63.1 Å². The fourth-order valence-corrected chi connectivity index (χ4v) is 5.30. The molecule has 1 N–H and O–H groups in total. The molecule has 0 saturated carbocycles. The molecule has 1 saturated heterocycles. The van der Waals surface area contributed by atoms with Gasteiger partial charge >= 0.3 is 0 Å². The van der Waals surface area contributed by atoms with Gasteiger partial charge < -0.3 is 5.32 Å². The molecule has 1 fully saturated rings. The van der Waals surface area contributed by atoms with Gasteiger partial charge in [-0.3, -0.25) is 14.3 Å². The minimum Gasteiger partial charge on any atom is -0.349 e. The summed E-state index contributed by atoms with van der Waals surface area (Å²) in [7, 11) is 0. The van der Waals surface area contributed by atoms with Crippen LogP contribution in [-0.4, -0.2) is 44.4 Å². The van der Waals surface area contributed by atoms with Crippen LogP contribution in [0.1, 0.15) is 68.6 Å². The summed E-state index contributed by atoms with van der Waals surface area (Å²) in [4.78, 5) is 15.3. The number of thioether (sulfide) groups is 1.